The van der Waals surface area contributed by atoms with Gasteiger partial charge in [-0.25, -0.2) is 4.68 Å². The molecule has 3 heterocycles. The lowest BCUT2D eigenvalue weighted by molar-refractivity contribution is 0.0498. The van der Waals surface area contributed by atoms with Gasteiger partial charge in [0, 0.05) is 41.4 Å². The Balaban J connectivity index is 1.39. The number of carbonyl (C=O) groups excluding carboxylic acids is 1. The Bertz CT molecular complexity index is 905. The molecule has 1 aliphatic heterocycles. The maximum Gasteiger partial charge on any atom is 0.254 e. The van der Waals surface area contributed by atoms with Crippen LogP contribution in [0.15, 0.2) is 30.6 Å². The largest absolute Gasteiger partial charge is 0.358 e. The van der Waals surface area contributed by atoms with Crippen molar-refractivity contribution in [3.63, 3.8) is 0 Å². The molecule has 0 radical (unpaired) electrons. The third kappa shape index (κ3) is 2.06. The van der Waals surface area contributed by atoms with Crippen molar-refractivity contribution in [3.8, 4) is 0 Å². The Morgan fingerprint density at radius 3 is 2.92 bits per heavy atom. The second-order valence-corrected chi connectivity index (χ2v) is 6.80. The van der Waals surface area contributed by atoms with Crippen LogP contribution in [-0.4, -0.2) is 43.9 Å². The molecule has 5 rings (SSSR count). The van der Waals surface area contributed by atoms with Crippen molar-refractivity contribution >= 4 is 16.8 Å². The first-order chi connectivity index (χ1) is 11.8. The summed E-state index contributed by atoms with van der Waals surface area (Å²) >= 11 is 0. The zero-order chi connectivity index (χ0) is 16.1. The number of carbonyl (C=O) groups is 1. The quantitative estimate of drug-likeness (QED) is 0.788. The van der Waals surface area contributed by atoms with E-state index in [0.29, 0.717) is 13.1 Å². The Labute approximate surface area is 139 Å². The third-order valence-corrected chi connectivity index (χ3v) is 5.31. The summed E-state index contributed by atoms with van der Waals surface area (Å²) in [5.41, 5.74) is 4.71. The van der Waals surface area contributed by atoms with Gasteiger partial charge < -0.3 is 9.88 Å². The first-order valence-corrected chi connectivity index (χ1v) is 8.58. The second kappa shape index (κ2) is 5.19. The van der Waals surface area contributed by atoms with E-state index < -0.39 is 0 Å². The lowest BCUT2D eigenvalue weighted by Crippen LogP contribution is -2.50. The smallest absolute Gasteiger partial charge is 0.254 e. The number of benzene rings is 1. The van der Waals surface area contributed by atoms with E-state index >= 15 is 0 Å². The Kier molecular flexibility index (Phi) is 2.98. The fraction of sp³-hybridized carbons (Fsp3) is 0.389. The average molecular weight is 321 g/mol. The van der Waals surface area contributed by atoms with Crippen LogP contribution >= 0.6 is 0 Å². The number of aromatic nitrogens is 4. The van der Waals surface area contributed by atoms with Crippen LogP contribution in [0.5, 0.6) is 0 Å². The molecule has 0 saturated carbocycles. The van der Waals surface area contributed by atoms with E-state index in [1.165, 1.54) is 29.5 Å². The van der Waals surface area contributed by atoms with Crippen molar-refractivity contribution in [3.05, 3.63) is 47.4 Å². The highest BCUT2D eigenvalue weighted by Crippen LogP contribution is 2.30. The molecular weight excluding hydrogens is 302 g/mol. The lowest BCUT2D eigenvalue weighted by atomic mass is 9.95. The summed E-state index contributed by atoms with van der Waals surface area (Å²) in [5, 5.41) is 9.07. The van der Waals surface area contributed by atoms with Gasteiger partial charge in [-0.05, 0) is 49.4 Å². The molecule has 122 valence electrons. The fourth-order valence-electron chi connectivity index (χ4n) is 3.92. The van der Waals surface area contributed by atoms with E-state index in [0.717, 1.165) is 23.9 Å². The molecule has 1 aromatic carbocycles. The average Bonchev–Trinajstić information content (AvgIpc) is 3.20. The summed E-state index contributed by atoms with van der Waals surface area (Å²) in [7, 11) is 0. The molecule has 0 unspecified atom stereocenters. The normalized spacial score (nSPS) is 17.8. The molecule has 2 aliphatic rings. The standard InChI is InChI=1S/C18H19N5O/c24-18(22-10-13(11-22)23-8-7-19-21-23)12-5-6-17-15(9-12)14-3-1-2-4-16(14)20-17/h5-9,13,20H,1-4,10-11H2. The van der Waals surface area contributed by atoms with E-state index in [4.69, 9.17) is 0 Å². The Morgan fingerprint density at radius 2 is 2.08 bits per heavy atom. The molecule has 6 nitrogen and oxygen atoms in total. The third-order valence-electron chi connectivity index (χ3n) is 5.31. The van der Waals surface area contributed by atoms with Gasteiger partial charge in [-0.2, -0.15) is 0 Å². The van der Waals surface area contributed by atoms with Crippen LogP contribution in [0, 0.1) is 0 Å². The lowest BCUT2D eigenvalue weighted by Gasteiger charge is -2.38. The van der Waals surface area contributed by atoms with Gasteiger partial charge in [-0.1, -0.05) is 5.21 Å². The van der Waals surface area contributed by atoms with Crippen LogP contribution in [0.4, 0.5) is 0 Å². The number of fused-ring (bicyclic) bond motifs is 3. The number of H-pyrrole nitrogens is 1. The number of amides is 1. The Morgan fingerprint density at radius 1 is 1.21 bits per heavy atom. The molecule has 1 amide bonds. The Hall–Kier alpha value is -2.63. The SMILES string of the molecule is O=C(c1ccc2[nH]c3c(c2c1)CCCC3)N1CC(n2ccnn2)C1. The molecule has 1 saturated heterocycles. The van der Waals surface area contributed by atoms with Crippen LogP contribution in [-0.2, 0) is 12.8 Å². The number of aromatic amines is 1. The predicted octanol–water partition coefficient (Wildman–Crippen LogP) is 2.34. The molecule has 0 spiro atoms. The monoisotopic (exact) mass is 321 g/mol. The maximum absolute atomic E-state index is 12.7. The predicted molar refractivity (Wildman–Crippen MR) is 89.9 cm³/mol. The summed E-state index contributed by atoms with van der Waals surface area (Å²) in [4.78, 5) is 18.1. The van der Waals surface area contributed by atoms with E-state index in [1.54, 1.807) is 6.20 Å². The van der Waals surface area contributed by atoms with Crippen molar-refractivity contribution < 1.29 is 4.79 Å². The van der Waals surface area contributed by atoms with E-state index in [1.807, 2.05) is 21.8 Å². The van der Waals surface area contributed by atoms with Crippen LogP contribution in [0.3, 0.4) is 0 Å². The number of aryl methyl sites for hydroxylation is 2. The summed E-state index contributed by atoms with van der Waals surface area (Å²) in [6, 6.07) is 6.31. The van der Waals surface area contributed by atoms with Gasteiger partial charge >= 0.3 is 0 Å². The molecule has 1 aliphatic carbocycles. The highest BCUT2D eigenvalue weighted by molar-refractivity contribution is 5.99. The minimum atomic E-state index is 0.110. The highest BCUT2D eigenvalue weighted by atomic mass is 16.2. The molecule has 1 fully saturated rings. The number of rotatable bonds is 2. The van der Waals surface area contributed by atoms with Crippen LogP contribution in [0.2, 0.25) is 0 Å². The first kappa shape index (κ1) is 13.8. The maximum atomic E-state index is 12.7. The molecule has 6 heteroatoms. The zero-order valence-corrected chi connectivity index (χ0v) is 13.4. The minimum Gasteiger partial charge on any atom is -0.358 e. The van der Waals surface area contributed by atoms with Gasteiger partial charge in [-0.15, -0.1) is 5.10 Å². The van der Waals surface area contributed by atoms with Crippen molar-refractivity contribution in [1.29, 1.82) is 0 Å². The van der Waals surface area contributed by atoms with Crippen molar-refractivity contribution in [2.45, 2.75) is 31.7 Å². The highest BCUT2D eigenvalue weighted by Gasteiger charge is 2.33. The molecule has 3 aromatic rings. The van der Waals surface area contributed by atoms with Gasteiger partial charge in [0.1, 0.15) is 0 Å². The molecule has 24 heavy (non-hydrogen) atoms. The summed E-state index contributed by atoms with van der Waals surface area (Å²) in [5.74, 6) is 0.110. The van der Waals surface area contributed by atoms with E-state index in [2.05, 4.69) is 27.4 Å². The van der Waals surface area contributed by atoms with Crippen molar-refractivity contribution in [2.75, 3.05) is 13.1 Å². The summed E-state index contributed by atoms with van der Waals surface area (Å²) < 4.78 is 1.83. The van der Waals surface area contributed by atoms with E-state index in [9.17, 15) is 4.79 Å². The zero-order valence-electron chi connectivity index (χ0n) is 13.4. The topological polar surface area (TPSA) is 66.8 Å². The van der Waals surface area contributed by atoms with Crippen molar-refractivity contribution in [2.24, 2.45) is 0 Å². The van der Waals surface area contributed by atoms with Crippen LogP contribution in [0.25, 0.3) is 10.9 Å². The van der Waals surface area contributed by atoms with Gasteiger partial charge in [0.05, 0.1) is 12.2 Å². The van der Waals surface area contributed by atoms with Crippen LogP contribution < -0.4 is 0 Å². The van der Waals surface area contributed by atoms with Gasteiger partial charge in [0.15, 0.2) is 0 Å². The number of nitrogens with one attached hydrogen (secondary N) is 1. The second-order valence-electron chi connectivity index (χ2n) is 6.80. The summed E-state index contributed by atoms with van der Waals surface area (Å²) in [6.07, 6.45) is 8.26. The van der Waals surface area contributed by atoms with Gasteiger partial charge in [-0.3, -0.25) is 4.79 Å². The molecule has 2 aromatic heterocycles. The van der Waals surface area contributed by atoms with Crippen molar-refractivity contribution in [1.82, 2.24) is 24.9 Å². The minimum absolute atomic E-state index is 0.110. The molecule has 0 atom stereocenters. The molecule has 0 bridgehead atoms. The van der Waals surface area contributed by atoms with Gasteiger partial charge in [0.2, 0.25) is 0 Å². The number of hydrogen-bond donors (Lipinski definition) is 1. The number of nitrogens with zero attached hydrogens (tertiary/aromatic N) is 4. The fourth-order valence-corrected chi connectivity index (χ4v) is 3.92. The number of hydrogen-bond acceptors (Lipinski definition) is 3. The molecule has 1 N–H and O–H groups in total. The van der Waals surface area contributed by atoms with Gasteiger partial charge in [0.25, 0.3) is 5.91 Å². The van der Waals surface area contributed by atoms with Crippen LogP contribution in [0.1, 0.15) is 40.5 Å². The number of likely N-dealkylation sites (tertiary alicyclic amines) is 1. The van der Waals surface area contributed by atoms with E-state index in [-0.39, 0.29) is 11.9 Å². The summed E-state index contributed by atoms with van der Waals surface area (Å²) in [6.45, 7) is 1.40. The molecular formula is C18H19N5O. The first-order valence-electron chi connectivity index (χ1n) is 8.58.